The molecule has 0 bridgehead atoms. The van der Waals surface area contributed by atoms with Crippen molar-refractivity contribution in [2.24, 2.45) is 0 Å². The lowest BCUT2D eigenvalue weighted by atomic mass is 10.2. The molecule has 1 aliphatic heterocycles. The van der Waals surface area contributed by atoms with Crippen LogP contribution >= 0.6 is 11.3 Å². The summed E-state index contributed by atoms with van der Waals surface area (Å²) in [7, 11) is 0. The Morgan fingerprint density at radius 3 is 3.04 bits per heavy atom. The monoisotopic (exact) mass is 361 g/mol. The van der Waals surface area contributed by atoms with Crippen molar-refractivity contribution in [1.82, 2.24) is 14.9 Å². The molecule has 132 valence electrons. The molecule has 25 heavy (non-hydrogen) atoms. The predicted octanol–water partition coefficient (Wildman–Crippen LogP) is 2.10. The van der Waals surface area contributed by atoms with Gasteiger partial charge in [0, 0.05) is 30.6 Å². The van der Waals surface area contributed by atoms with Gasteiger partial charge >= 0.3 is 6.09 Å². The normalized spacial score (nSPS) is 13.8. The topological polar surface area (TPSA) is 96.5 Å². The highest BCUT2D eigenvalue weighted by molar-refractivity contribution is 7.15. The third-order valence-electron chi connectivity index (χ3n) is 3.61. The second kappa shape index (κ2) is 8.04. The molecule has 0 aliphatic carbocycles. The summed E-state index contributed by atoms with van der Waals surface area (Å²) in [6, 6.07) is 3.58. The van der Waals surface area contributed by atoms with Crippen molar-refractivity contribution < 1.29 is 14.3 Å². The number of nitrogens with one attached hydrogen (secondary N) is 2. The van der Waals surface area contributed by atoms with Gasteiger partial charge in [0.2, 0.25) is 5.91 Å². The summed E-state index contributed by atoms with van der Waals surface area (Å²) < 4.78 is 4.86. The Hall–Kier alpha value is -2.52. The highest BCUT2D eigenvalue weighted by Gasteiger charge is 2.23. The first-order valence-corrected chi connectivity index (χ1v) is 8.80. The van der Waals surface area contributed by atoms with E-state index in [4.69, 9.17) is 4.74 Å². The van der Waals surface area contributed by atoms with E-state index in [9.17, 15) is 9.59 Å². The van der Waals surface area contributed by atoms with E-state index in [-0.39, 0.29) is 5.91 Å². The van der Waals surface area contributed by atoms with Crippen LogP contribution in [0.2, 0.25) is 0 Å². The van der Waals surface area contributed by atoms with Crippen LogP contribution in [0.1, 0.15) is 17.5 Å². The summed E-state index contributed by atoms with van der Waals surface area (Å²) >= 11 is 1.42. The van der Waals surface area contributed by atoms with Crippen LogP contribution < -0.4 is 10.6 Å². The minimum atomic E-state index is -0.499. The number of nitrogens with zero attached hydrogens (tertiary/aromatic N) is 3. The van der Waals surface area contributed by atoms with Crippen molar-refractivity contribution in [2.75, 3.05) is 30.3 Å². The third-order valence-corrected chi connectivity index (χ3v) is 4.61. The summed E-state index contributed by atoms with van der Waals surface area (Å²) in [5, 5.41) is 5.99. The standard InChI is InChI=1S/C16H19N5O3S/c1-2-24-16(23)20-15-19-12-5-7-21(9-13(12)25-15)10-14(22)18-11-4-3-6-17-8-11/h3-4,6,8H,2,5,7,9-10H2,1H3,(H,18,22)(H,19,20,23). The van der Waals surface area contributed by atoms with Crippen molar-refractivity contribution in [2.45, 2.75) is 19.9 Å². The molecule has 0 aromatic carbocycles. The highest BCUT2D eigenvalue weighted by atomic mass is 32.1. The van der Waals surface area contributed by atoms with Crippen molar-refractivity contribution in [3.05, 3.63) is 35.1 Å². The van der Waals surface area contributed by atoms with Gasteiger partial charge in [-0.05, 0) is 19.1 Å². The van der Waals surface area contributed by atoms with Gasteiger partial charge in [-0.25, -0.2) is 9.78 Å². The smallest absolute Gasteiger partial charge is 0.413 e. The Kier molecular flexibility index (Phi) is 5.56. The summed E-state index contributed by atoms with van der Waals surface area (Å²) in [6.45, 7) is 3.75. The van der Waals surface area contributed by atoms with Gasteiger partial charge in [0.25, 0.3) is 0 Å². The van der Waals surface area contributed by atoms with Gasteiger partial charge in [-0.2, -0.15) is 0 Å². The average molecular weight is 361 g/mol. The summed E-state index contributed by atoms with van der Waals surface area (Å²) in [5.41, 5.74) is 1.66. The zero-order chi connectivity index (χ0) is 17.6. The van der Waals surface area contributed by atoms with Gasteiger partial charge < -0.3 is 10.1 Å². The molecular weight excluding hydrogens is 342 g/mol. The third kappa shape index (κ3) is 4.74. The molecule has 2 aromatic heterocycles. The molecule has 2 amide bonds. The van der Waals surface area contributed by atoms with E-state index in [1.165, 1.54) is 11.3 Å². The number of hydrogen-bond donors (Lipinski definition) is 2. The van der Waals surface area contributed by atoms with E-state index < -0.39 is 6.09 Å². The maximum Gasteiger partial charge on any atom is 0.413 e. The molecule has 0 saturated carbocycles. The number of amides is 2. The van der Waals surface area contributed by atoms with Crippen molar-refractivity contribution in [3.8, 4) is 0 Å². The minimum Gasteiger partial charge on any atom is -0.450 e. The number of rotatable bonds is 5. The van der Waals surface area contributed by atoms with Gasteiger partial charge in [-0.1, -0.05) is 11.3 Å². The number of anilines is 2. The Balaban J connectivity index is 1.55. The quantitative estimate of drug-likeness (QED) is 0.847. The molecule has 3 heterocycles. The van der Waals surface area contributed by atoms with Crippen molar-refractivity contribution in [3.63, 3.8) is 0 Å². The van der Waals surface area contributed by atoms with Gasteiger partial charge in [-0.15, -0.1) is 0 Å². The Bertz CT molecular complexity index is 749. The largest absolute Gasteiger partial charge is 0.450 e. The first kappa shape index (κ1) is 17.3. The Morgan fingerprint density at radius 1 is 1.40 bits per heavy atom. The van der Waals surface area contributed by atoms with Crippen LogP contribution in [0, 0.1) is 0 Å². The van der Waals surface area contributed by atoms with E-state index in [1.54, 1.807) is 31.5 Å². The number of carbonyl (C=O) groups excluding carboxylic acids is 2. The lowest BCUT2D eigenvalue weighted by Gasteiger charge is -2.25. The molecule has 0 unspecified atom stereocenters. The van der Waals surface area contributed by atoms with Gasteiger partial charge in [0.15, 0.2) is 5.13 Å². The summed E-state index contributed by atoms with van der Waals surface area (Å²) in [5.74, 6) is -0.0779. The number of aromatic nitrogens is 2. The second-order valence-electron chi connectivity index (χ2n) is 5.48. The van der Waals surface area contributed by atoms with Crippen LogP contribution in [-0.4, -0.2) is 46.6 Å². The van der Waals surface area contributed by atoms with E-state index >= 15 is 0 Å². The van der Waals surface area contributed by atoms with Crippen LogP contribution in [0.3, 0.4) is 0 Å². The number of thiazole rings is 1. The molecule has 0 saturated heterocycles. The molecule has 2 aromatic rings. The Labute approximate surface area is 149 Å². The van der Waals surface area contributed by atoms with Crippen molar-refractivity contribution in [1.29, 1.82) is 0 Å². The number of fused-ring (bicyclic) bond motifs is 1. The molecule has 0 atom stereocenters. The average Bonchev–Trinajstić information content (AvgIpc) is 2.97. The SMILES string of the molecule is CCOC(=O)Nc1nc2c(s1)CN(CC(=O)Nc1cccnc1)CC2. The first-order chi connectivity index (χ1) is 12.1. The van der Waals surface area contributed by atoms with Crippen LogP contribution in [-0.2, 0) is 22.5 Å². The number of ether oxygens (including phenoxy) is 1. The van der Waals surface area contributed by atoms with Gasteiger partial charge in [0.1, 0.15) is 0 Å². The van der Waals surface area contributed by atoms with Crippen molar-refractivity contribution >= 4 is 34.2 Å². The van der Waals surface area contributed by atoms with Crippen LogP contribution in [0.15, 0.2) is 24.5 Å². The highest BCUT2D eigenvalue weighted by Crippen LogP contribution is 2.28. The number of hydrogen-bond acceptors (Lipinski definition) is 7. The molecule has 0 spiro atoms. The van der Waals surface area contributed by atoms with E-state index in [2.05, 4.69) is 25.5 Å². The fourth-order valence-electron chi connectivity index (χ4n) is 2.53. The molecule has 0 radical (unpaired) electrons. The molecule has 2 N–H and O–H groups in total. The van der Waals surface area contributed by atoms with Crippen LogP contribution in [0.5, 0.6) is 0 Å². The molecule has 0 fully saturated rings. The predicted molar refractivity (Wildman–Crippen MR) is 94.6 cm³/mol. The van der Waals surface area contributed by atoms with Crippen LogP contribution in [0.4, 0.5) is 15.6 Å². The lowest BCUT2D eigenvalue weighted by molar-refractivity contribution is -0.117. The number of pyridine rings is 1. The molecule has 1 aliphatic rings. The minimum absolute atomic E-state index is 0.0779. The zero-order valence-electron chi connectivity index (χ0n) is 13.8. The molecule has 9 heteroatoms. The summed E-state index contributed by atoms with van der Waals surface area (Å²) in [4.78, 5) is 35.1. The summed E-state index contributed by atoms with van der Waals surface area (Å²) in [6.07, 6.45) is 3.52. The van der Waals surface area contributed by atoms with Crippen LogP contribution in [0.25, 0.3) is 0 Å². The lowest BCUT2D eigenvalue weighted by Crippen LogP contribution is -2.36. The maximum atomic E-state index is 12.1. The molecule has 8 nitrogen and oxygen atoms in total. The zero-order valence-corrected chi connectivity index (χ0v) is 14.6. The van der Waals surface area contributed by atoms with Gasteiger partial charge in [-0.3, -0.25) is 20.0 Å². The fourth-order valence-corrected chi connectivity index (χ4v) is 3.57. The Morgan fingerprint density at radius 2 is 2.28 bits per heavy atom. The fraction of sp³-hybridized carbons (Fsp3) is 0.375. The molecular formula is C16H19N5O3S. The van der Waals surface area contributed by atoms with E-state index in [0.717, 1.165) is 23.5 Å². The second-order valence-corrected chi connectivity index (χ2v) is 6.57. The first-order valence-electron chi connectivity index (χ1n) is 7.98. The van der Waals surface area contributed by atoms with Gasteiger partial charge in [0.05, 0.1) is 30.7 Å². The number of carbonyl (C=O) groups is 2. The maximum absolute atomic E-state index is 12.1. The molecule has 3 rings (SSSR count). The van der Waals surface area contributed by atoms with E-state index in [1.807, 2.05) is 0 Å². The van der Waals surface area contributed by atoms with E-state index in [0.29, 0.717) is 30.5 Å².